The fourth-order valence-electron chi connectivity index (χ4n) is 9.95. The van der Waals surface area contributed by atoms with Gasteiger partial charge in [0.25, 0.3) is 0 Å². The summed E-state index contributed by atoms with van der Waals surface area (Å²) in [4.78, 5) is 0. The normalized spacial score (nSPS) is 44.5. The van der Waals surface area contributed by atoms with E-state index in [1.54, 1.807) is 0 Å². The lowest BCUT2D eigenvalue weighted by atomic mass is 9.44. The SMILES string of the molecule is C[C@@H](O[Si](C)(C)C)[C@@]1(O[Si](C)(C)C)CCC2C3CC[C@H]4C[C@@H](O[Si](C)(C)C)CC[C@]4(C)C3CC[C@@]21C. The number of rotatable bonds is 7. The molecule has 0 bridgehead atoms. The molecule has 0 amide bonds. The van der Waals surface area contributed by atoms with Crippen LogP contribution in [0.2, 0.25) is 58.9 Å². The van der Waals surface area contributed by atoms with E-state index in [0.29, 0.717) is 11.5 Å². The van der Waals surface area contributed by atoms with Crippen molar-refractivity contribution in [2.75, 3.05) is 0 Å². The van der Waals surface area contributed by atoms with E-state index >= 15 is 0 Å². The molecule has 3 nitrogen and oxygen atoms in total. The van der Waals surface area contributed by atoms with Crippen molar-refractivity contribution in [3.8, 4) is 0 Å². The van der Waals surface area contributed by atoms with Crippen LogP contribution in [0.25, 0.3) is 0 Å². The molecule has 4 rings (SSSR count). The Hall–Kier alpha value is 0.531. The second kappa shape index (κ2) is 9.57. The lowest BCUT2D eigenvalue weighted by Crippen LogP contribution is -2.63. The summed E-state index contributed by atoms with van der Waals surface area (Å²) in [5.41, 5.74) is 0.623. The summed E-state index contributed by atoms with van der Waals surface area (Å²) < 4.78 is 20.9. The summed E-state index contributed by atoms with van der Waals surface area (Å²) in [7, 11) is -4.88. The predicted octanol–water partition coefficient (Wildman–Crippen LogP) is 9.08. The third-order valence-electron chi connectivity index (χ3n) is 11.0. The molecule has 0 heterocycles. The minimum Gasteiger partial charge on any atom is -0.415 e. The molecule has 0 radical (unpaired) electrons. The highest BCUT2D eigenvalue weighted by Gasteiger charge is 2.67. The van der Waals surface area contributed by atoms with E-state index in [-0.39, 0.29) is 17.1 Å². The van der Waals surface area contributed by atoms with Gasteiger partial charge in [0, 0.05) is 11.5 Å². The Morgan fingerprint density at radius 1 is 0.694 bits per heavy atom. The fourth-order valence-corrected chi connectivity index (χ4v) is 14.0. The Morgan fingerprint density at radius 3 is 1.92 bits per heavy atom. The zero-order chi connectivity index (χ0) is 26.9. The van der Waals surface area contributed by atoms with Gasteiger partial charge in [-0.2, -0.15) is 0 Å². The van der Waals surface area contributed by atoms with E-state index in [4.69, 9.17) is 13.3 Å². The van der Waals surface area contributed by atoms with Crippen molar-refractivity contribution < 1.29 is 13.3 Å². The van der Waals surface area contributed by atoms with Crippen molar-refractivity contribution in [1.29, 1.82) is 0 Å². The summed E-state index contributed by atoms with van der Waals surface area (Å²) in [6, 6.07) is 0. The topological polar surface area (TPSA) is 27.7 Å². The van der Waals surface area contributed by atoms with Gasteiger partial charge in [0.2, 0.25) is 0 Å². The molecule has 0 spiro atoms. The second-order valence-corrected chi connectivity index (χ2v) is 30.1. The zero-order valence-electron chi connectivity index (χ0n) is 26.1. The number of hydrogen-bond acceptors (Lipinski definition) is 3. The third kappa shape index (κ3) is 5.43. The quantitative estimate of drug-likeness (QED) is 0.295. The van der Waals surface area contributed by atoms with Crippen LogP contribution in [0.1, 0.15) is 78.6 Å². The maximum absolute atomic E-state index is 7.36. The van der Waals surface area contributed by atoms with Crippen LogP contribution >= 0.6 is 0 Å². The van der Waals surface area contributed by atoms with Gasteiger partial charge in [-0.3, -0.25) is 0 Å². The highest BCUT2D eigenvalue weighted by atomic mass is 28.4. The molecule has 36 heavy (non-hydrogen) atoms. The van der Waals surface area contributed by atoms with Crippen LogP contribution in [-0.2, 0) is 13.3 Å². The van der Waals surface area contributed by atoms with Crippen molar-refractivity contribution >= 4 is 25.0 Å². The van der Waals surface area contributed by atoms with Crippen LogP contribution in [0.3, 0.4) is 0 Å². The summed E-state index contributed by atoms with van der Waals surface area (Å²) in [6.45, 7) is 29.0. The van der Waals surface area contributed by atoms with Crippen molar-refractivity contribution in [2.24, 2.45) is 34.5 Å². The van der Waals surface area contributed by atoms with Crippen LogP contribution in [-0.4, -0.2) is 42.8 Å². The van der Waals surface area contributed by atoms with Crippen LogP contribution < -0.4 is 0 Å². The van der Waals surface area contributed by atoms with Crippen molar-refractivity contribution in [3.63, 3.8) is 0 Å². The van der Waals surface area contributed by atoms with Crippen LogP contribution in [0.15, 0.2) is 0 Å². The minimum atomic E-state index is -1.75. The summed E-state index contributed by atoms with van der Waals surface area (Å²) in [5, 5.41) is 0. The van der Waals surface area contributed by atoms with Gasteiger partial charge in [0.1, 0.15) is 0 Å². The summed E-state index contributed by atoms with van der Waals surface area (Å²) in [5.74, 6) is 3.40. The Balaban J connectivity index is 1.59. The first-order valence-corrected chi connectivity index (χ1v) is 25.6. The molecule has 9 atom stereocenters. The number of hydrogen-bond donors (Lipinski definition) is 0. The molecule has 3 unspecified atom stereocenters. The van der Waals surface area contributed by atoms with Crippen molar-refractivity contribution in [2.45, 2.75) is 155 Å². The monoisotopic (exact) mass is 552 g/mol. The lowest BCUT2D eigenvalue weighted by molar-refractivity contribution is -0.175. The van der Waals surface area contributed by atoms with Crippen LogP contribution in [0.4, 0.5) is 0 Å². The molecule has 0 aliphatic heterocycles. The standard InChI is InChI=1S/C30H60O3Si3/c1-22(31-34(4,5)6)30(33-36(10,11)12)20-17-27-25-14-13-23-21-24(32-35(7,8)9)15-18-28(23,2)26(25)16-19-29(27,30)3/h22-27H,13-21H2,1-12H3/t22-,23+,24+,25?,26?,27?,28+,29+,30+/m1/s1. The summed E-state index contributed by atoms with van der Waals surface area (Å²) in [6.07, 6.45) is 12.8. The van der Waals surface area contributed by atoms with Gasteiger partial charge in [0.05, 0.1) is 11.7 Å². The molecule has 0 aromatic rings. The van der Waals surface area contributed by atoms with Gasteiger partial charge in [0.15, 0.2) is 25.0 Å². The van der Waals surface area contributed by atoms with E-state index in [1.165, 1.54) is 57.8 Å². The molecular formula is C30H60O3Si3. The molecule has 0 aromatic carbocycles. The first kappa shape index (κ1) is 29.5. The minimum absolute atomic E-state index is 0.117. The third-order valence-corrected chi connectivity index (χ3v) is 14.1. The molecular weight excluding hydrogens is 493 g/mol. The Kier molecular flexibility index (Phi) is 7.85. The molecule has 0 aromatic heterocycles. The maximum atomic E-state index is 7.36. The van der Waals surface area contributed by atoms with Crippen molar-refractivity contribution in [1.82, 2.24) is 0 Å². The molecule has 4 saturated carbocycles. The van der Waals surface area contributed by atoms with Gasteiger partial charge < -0.3 is 13.3 Å². The molecule has 4 aliphatic rings. The van der Waals surface area contributed by atoms with Crippen LogP contribution in [0.5, 0.6) is 0 Å². The first-order chi connectivity index (χ1) is 16.3. The maximum Gasteiger partial charge on any atom is 0.184 e. The fraction of sp³-hybridized carbons (Fsp3) is 1.00. The molecule has 6 heteroatoms. The van der Waals surface area contributed by atoms with E-state index < -0.39 is 25.0 Å². The Labute approximate surface area is 227 Å². The van der Waals surface area contributed by atoms with Gasteiger partial charge >= 0.3 is 0 Å². The largest absolute Gasteiger partial charge is 0.415 e. The zero-order valence-corrected chi connectivity index (χ0v) is 29.1. The van der Waals surface area contributed by atoms with E-state index in [1.807, 2.05) is 0 Å². The Bertz CT molecular complexity index is 799. The second-order valence-electron chi connectivity index (χ2n) is 16.8. The molecule has 0 N–H and O–H groups in total. The van der Waals surface area contributed by atoms with Crippen LogP contribution in [0, 0.1) is 34.5 Å². The average Bonchev–Trinajstić information content (AvgIpc) is 2.98. The van der Waals surface area contributed by atoms with E-state index in [9.17, 15) is 0 Å². The smallest absolute Gasteiger partial charge is 0.184 e. The molecule has 4 fully saturated rings. The van der Waals surface area contributed by atoms with E-state index in [2.05, 4.69) is 79.7 Å². The van der Waals surface area contributed by atoms with Gasteiger partial charge in [-0.05, 0) is 153 Å². The highest BCUT2D eigenvalue weighted by molar-refractivity contribution is 6.70. The van der Waals surface area contributed by atoms with E-state index in [0.717, 1.165) is 23.7 Å². The molecule has 210 valence electrons. The lowest BCUT2D eigenvalue weighted by Gasteiger charge is -2.63. The molecule has 0 saturated heterocycles. The van der Waals surface area contributed by atoms with Gasteiger partial charge in [-0.1, -0.05) is 13.8 Å². The van der Waals surface area contributed by atoms with Gasteiger partial charge in [-0.25, -0.2) is 0 Å². The Morgan fingerprint density at radius 2 is 1.33 bits per heavy atom. The van der Waals surface area contributed by atoms with Crippen molar-refractivity contribution in [3.05, 3.63) is 0 Å². The molecule has 4 aliphatic carbocycles. The van der Waals surface area contributed by atoms with Gasteiger partial charge in [-0.15, -0.1) is 0 Å². The highest BCUT2D eigenvalue weighted by Crippen LogP contribution is 2.70. The summed E-state index contributed by atoms with van der Waals surface area (Å²) >= 11 is 0. The predicted molar refractivity (Wildman–Crippen MR) is 161 cm³/mol. The average molecular weight is 553 g/mol. The first-order valence-electron chi connectivity index (χ1n) is 15.4. The number of fused-ring (bicyclic) bond motifs is 5.